The van der Waals surface area contributed by atoms with E-state index in [9.17, 15) is 4.79 Å². The van der Waals surface area contributed by atoms with Crippen molar-refractivity contribution in [3.05, 3.63) is 90.3 Å². The predicted molar refractivity (Wildman–Crippen MR) is 97.2 cm³/mol. The third-order valence-corrected chi connectivity index (χ3v) is 3.55. The maximum absolute atomic E-state index is 11.6. The number of ether oxygens (including phenoxy) is 1. The van der Waals surface area contributed by atoms with Crippen LogP contribution in [0.25, 0.3) is 11.8 Å². The monoisotopic (exact) mass is 333 g/mol. The number of hydrogen-bond acceptors (Lipinski definition) is 3. The van der Waals surface area contributed by atoms with Gasteiger partial charge in [0.05, 0.1) is 5.69 Å². The van der Waals surface area contributed by atoms with Crippen LogP contribution in [0, 0.1) is 0 Å². The summed E-state index contributed by atoms with van der Waals surface area (Å²) in [5.74, 6) is 0. The molecule has 0 saturated carbocycles. The first-order chi connectivity index (χ1) is 12.3. The molecule has 0 spiro atoms. The number of benzene rings is 2. The standard InChI is InChI=1S/C20H19N3O2/c24-20(25-16-18-6-2-1-3-7-18)21-13-4-8-17-9-11-19(12-10-17)23-15-5-14-22-23/h1-12,14-15H,13,16H2,(H,21,24). The first kappa shape index (κ1) is 16.5. The Bertz CT molecular complexity index is 810. The number of nitrogens with one attached hydrogen (secondary N) is 1. The fraction of sp³-hybridized carbons (Fsp3) is 0.100. The van der Waals surface area contributed by atoms with Crippen molar-refractivity contribution in [2.75, 3.05) is 6.54 Å². The molecule has 0 unspecified atom stereocenters. The molecule has 1 aromatic heterocycles. The van der Waals surface area contributed by atoms with Gasteiger partial charge in [-0.3, -0.25) is 0 Å². The highest BCUT2D eigenvalue weighted by Gasteiger charge is 2.00. The molecule has 1 amide bonds. The summed E-state index contributed by atoms with van der Waals surface area (Å²) in [6.07, 6.45) is 7.05. The maximum atomic E-state index is 11.6. The molecule has 5 nitrogen and oxygen atoms in total. The highest BCUT2D eigenvalue weighted by atomic mass is 16.5. The lowest BCUT2D eigenvalue weighted by Crippen LogP contribution is -2.24. The van der Waals surface area contributed by atoms with Crippen molar-refractivity contribution in [1.82, 2.24) is 15.1 Å². The number of nitrogens with zero attached hydrogens (tertiary/aromatic N) is 2. The summed E-state index contributed by atoms with van der Waals surface area (Å²) < 4.78 is 6.95. The summed E-state index contributed by atoms with van der Waals surface area (Å²) in [6.45, 7) is 0.680. The molecule has 0 radical (unpaired) electrons. The van der Waals surface area contributed by atoms with Gasteiger partial charge < -0.3 is 10.1 Å². The number of alkyl carbamates (subject to hydrolysis) is 1. The number of carbonyl (C=O) groups excluding carboxylic acids is 1. The van der Waals surface area contributed by atoms with Crippen molar-refractivity contribution in [2.45, 2.75) is 6.61 Å². The van der Waals surface area contributed by atoms with Gasteiger partial charge in [-0.1, -0.05) is 54.6 Å². The van der Waals surface area contributed by atoms with Crippen LogP contribution < -0.4 is 5.32 Å². The lowest BCUT2D eigenvalue weighted by atomic mass is 10.2. The molecule has 0 bridgehead atoms. The van der Waals surface area contributed by atoms with Crippen LogP contribution in [0.4, 0.5) is 4.79 Å². The van der Waals surface area contributed by atoms with Gasteiger partial charge in [0.2, 0.25) is 0 Å². The molecule has 0 atom stereocenters. The summed E-state index contributed by atoms with van der Waals surface area (Å²) in [5.41, 5.74) is 3.02. The first-order valence-corrected chi connectivity index (χ1v) is 8.02. The predicted octanol–water partition coefficient (Wildman–Crippen LogP) is 3.81. The summed E-state index contributed by atoms with van der Waals surface area (Å²) in [7, 11) is 0. The van der Waals surface area contributed by atoms with Gasteiger partial charge in [0.1, 0.15) is 6.61 Å². The molecule has 1 heterocycles. The average molecular weight is 333 g/mol. The van der Waals surface area contributed by atoms with Gasteiger partial charge in [0.15, 0.2) is 0 Å². The Hall–Kier alpha value is -3.34. The highest BCUT2D eigenvalue weighted by Crippen LogP contribution is 2.09. The van der Waals surface area contributed by atoms with Crippen LogP contribution in [0.2, 0.25) is 0 Å². The fourth-order valence-corrected chi connectivity index (χ4v) is 2.27. The minimum Gasteiger partial charge on any atom is -0.445 e. The molecular weight excluding hydrogens is 314 g/mol. The van der Waals surface area contributed by atoms with Crippen molar-refractivity contribution in [1.29, 1.82) is 0 Å². The van der Waals surface area contributed by atoms with E-state index in [1.165, 1.54) is 0 Å². The number of amides is 1. The average Bonchev–Trinajstić information content (AvgIpc) is 3.20. The van der Waals surface area contributed by atoms with E-state index in [0.29, 0.717) is 6.54 Å². The molecule has 126 valence electrons. The van der Waals surface area contributed by atoms with Gasteiger partial charge >= 0.3 is 6.09 Å². The molecular formula is C20H19N3O2. The Morgan fingerprint density at radius 2 is 1.88 bits per heavy atom. The molecule has 0 aliphatic heterocycles. The Morgan fingerprint density at radius 1 is 1.08 bits per heavy atom. The fourth-order valence-electron chi connectivity index (χ4n) is 2.27. The van der Waals surface area contributed by atoms with Crippen molar-refractivity contribution >= 4 is 12.2 Å². The van der Waals surface area contributed by atoms with Crippen LogP contribution in [0.5, 0.6) is 0 Å². The SMILES string of the molecule is O=C(NCC=Cc1ccc(-n2cccn2)cc1)OCc1ccccc1. The lowest BCUT2D eigenvalue weighted by Gasteiger charge is -2.05. The van der Waals surface area contributed by atoms with Crippen molar-refractivity contribution < 1.29 is 9.53 Å². The third kappa shape index (κ3) is 5.07. The second kappa shape index (κ2) is 8.49. The lowest BCUT2D eigenvalue weighted by molar-refractivity contribution is 0.141. The number of carbonyl (C=O) groups is 1. The maximum Gasteiger partial charge on any atom is 0.407 e. The molecule has 0 fully saturated rings. The molecule has 0 saturated heterocycles. The molecule has 25 heavy (non-hydrogen) atoms. The smallest absolute Gasteiger partial charge is 0.407 e. The Kier molecular flexibility index (Phi) is 5.61. The van der Waals surface area contributed by atoms with Crippen molar-refractivity contribution in [2.24, 2.45) is 0 Å². The third-order valence-electron chi connectivity index (χ3n) is 3.55. The molecule has 3 rings (SSSR count). The molecule has 1 N–H and O–H groups in total. The van der Waals surface area contributed by atoms with Crippen LogP contribution in [0.1, 0.15) is 11.1 Å². The molecule has 0 aliphatic rings. The van der Waals surface area contributed by atoms with E-state index in [2.05, 4.69) is 10.4 Å². The van der Waals surface area contributed by atoms with Crippen molar-refractivity contribution in [3.8, 4) is 5.69 Å². The van der Waals surface area contributed by atoms with Gasteiger partial charge in [-0.2, -0.15) is 5.10 Å². The van der Waals surface area contributed by atoms with Gasteiger partial charge in [0.25, 0.3) is 0 Å². The second-order valence-electron chi connectivity index (χ2n) is 5.39. The zero-order chi connectivity index (χ0) is 17.3. The van der Waals surface area contributed by atoms with Crippen LogP contribution >= 0.6 is 0 Å². The first-order valence-electron chi connectivity index (χ1n) is 8.02. The van der Waals surface area contributed by atoms with Crippen LogP contribution in [-0.4, -0.2) is 22.4 Å². The summed E-state index contributed by atoms with van der Waals surface area (Å²) in [6, 6.07) is 19.5. The zero-order valence-electron chi connectivity index (χ0n) is 13.7. The van der Waals surface area contributed by atoms with Crippen LogP contribution in [-0.2, 0) is 11.3 Å². The van der Waals surface area contributed by atoms with E-state index in [1.807, 2.05) is 79.0 Å². The van der Waals surface area contributed by atoms with E-state index in [0.717, 1.165) is 16.8 Å². The normalized spacial score (nSPS) is 10.7. The van der Waals surface area contributed by atoms with Gasteiger partial charge in [0, 0.05) is 18.9 Å². The summed E-state index contributed by atoms with van der Waals surface area (Å²) >= 11 is 0. The Balaban J connectivity index is 1.41. The van der Waals surface area contributed by atoms with E-state index in [-0.39, 0.29) is 6.61 Å². The largest absolute Gasteiger partial charge is 0.445 e. The van der Waals surface area contributed by atoms with E-state index >= 15 is 0 Å². The summed E-state index contributed by atoms with van der Waals surface area (Å²) in [5, 5.41) is 6.88. The van der Waals surface area contributed by atoms with Gasteiger partial charge in [-0.05, 0) is 29.3 Å². The van der Waals surface area contributed by atoms with Gasteiger partial charge in [-0.15, -0.1) is 0 Å². The van der Waals surface area contributed by atoms with Gasteiger partial charge in [-0.25, -0.2) is 9.48 Å². The van der Waals surface area contributed by atoms with Crippen LogP contribution in [0.15, 0.2) is 79.1 Å². The van der Waals surface area contributed by atoms with E-state index in [4.69, 9.17) is 4.74 Å². The quantitative estimate of drug-likeness (QED) is 0.746. The van der Waals surface area contributed by atoms with E-state index in [1.54, 1.807) is 10.9 Å². The Morgan fingerprint density at radius 3 is 2.60 bits per heavy atom. The number of rotatable bonds is 6. The molecule has 5 heteroatoms. The highest BCUT2D eigenvalue weighted by molar-refractivity contribution is 5.67. The topological polar surface area (TPSA) is 56.2 Å². The summed E-state index contributed by atoms with van der Waals surface area (Å²) in [4.78, 5) is 11.6. The number of aromatic nitrogens is 2. The van der Waals surface area contributed by atoms with Crippen LogP contribution in [0.3, 0.4) is 0 Å². The number of hydrogen-bond donors (Lipinski definition) is 1. The zero-order valence-corrected chi connectivity index (χ0v) is 13.7. The Labute approximate surface area is 146 Å². The minimum atomic E-state index is -0.428. The van der Waals surface area contributed by atoms with Crippen molar-refractivity contribution in [3.63, 3.8) is 0 Å². The molecule has 0 aliphatic carbocycles. The molecule has 2 aromatic carbocycles. The second-order valence-corrected chi connectivity index (χ2v) is 5.39. The van der Waals surface area contributed by atoms with E-state index < -0.39 is 6.09 Å². The molecule has 3 aromatic rings. The minimum absolute atomic E-state index is 0.269.